The minimum absolute atomic E-state index is 0.0176. The molecule has 0 saturated carbocycles. The number of carbonyl (C=O) groups excluding carboxylic acids is 1. The van der Waals surface area contributed by atoms with Crippen molar-refractivity contribution >= 4 is 23.3 Å². The second-order valence-corrected chi connectivity index (χ2v) is 5.52. The molecule has 1 heterocycles. The topological polar surface area (TPSA) is 73.2 Å². The van der Waals surface area contributed by atoms with E-state index in [1.54, 1.807) is 0 Å². The number of nitrogens with one attached hydrogen (secondary N) is 1. The summed E-state index contributed by atoms with van der Waals surface area (Å²) < 4.78 is 6.08. The highest BCUT2D eigenvalue weighted by Gasteiger charge is 2.24. The standard InChI is InChI=1S/C14H22ClN3O3/c1-5-6-7-18-13(19)11(15)10(8-16-18)17-12(9(2)3)14(20)21-4/h8-9,12,17H,5-7H2,1-4H3. The minimum atomic E-state index is -0.583. The summed E-state index contributed by atoms with van der Waals surface area (Å²) in [5.41, 5.74) is -0.0130. The molecule has 1 unspecified atom stereocenters. The first kappa shape index (κ1) is 17.5. The lowest BCUT2D eigenvalue weighted by Gasteiger charge is -2.21. The summed E-state index contributed by atoms with van der Waals surface area (Å²) in [6.07, 6.45) is 3.29. The number of methoxy groups -OCH3 is 1. The first-order chi connectivity index (χ1) is 9.92. The molecule has 1 atom stereocenters. The molecule has 7 heteroatoms. The van der Waals surface area contributed by atoms with Crippen molar-refractivity contribution in [1.82, 2.24) is 9.78 Å². The van der Waals surface area contributed by atoms with E-state index in [0.717, 1.165) is 12.8 Å². The average Bonchev–Trinajstić information content (AvgIpc) is 2.46. The number of carbonyl (C=O) groups is 1. The van der Waals surface area contributed by atoms with Crippen LogP contribution in [0.5, 0.6) is 0 Å². The van der Waals surface area contributed by atoms with Crippen LogP contribution in [0.15, 0.2) is 11.0 Å². The van der Waals surface area contributed by atoms with Crippen molar-refractivity contribution in [3.05, 3.63) is 21.6 Å². The normalized spacial score (nSPS) is 12.3. The van der Waals surface area contributed by atoms with E-state index in [2.05, 4.69) is 10.4 Å². The number of aromatic nitrogens is 2. The second kappa shape index (κ2) is 8.02. The van der Waals surface area contributed by atoms with E-state index in [1.165, 1.54) is 18.0 Å². The summed E-state index contributed by atoms with van der Waals surface area (Å²) in [5.74, 6) is -0.424. The van der Waals surface area contributed by atoms with Crippen molar-refractivity contribution in [3.8, 4) is 0 Å². The summed E-state index contributed by atoms with van der Waals surface area (Å²) in [6, 6.07) is -0.583. The van der Waals surface area contributed by atoms with Crippen molar-refractivity contribution in [2.75, 3.05) is 12.4 Å². The fourth-order valence-corrected chi connectivity index (χ4v) is 2.03. The van der Waals surface area contributed by atoms with E-state index in [1.807, 2.05) is 20.8 Å². The number of nitrogens with zero attached hydrogens (tertiary/aromatic N) is 2. The number of rotatable bonds is 7. The van der Waals surface area contributed by atoms with Crippen LogP contribution in [-0.2, 0) is 16.1 Å². The van der Waals surface area contributed by atoms with E-state index in [4.69, 9.17) is 16.3 Å². The van der Waals surface area contributed by atoms with Crippen LogP contribution in [0.4, 0.5) is 5.69 Å². The Morgan fingerprint density at radius 1 is 1.52 bits per heavy atom. The SMILES string of the molecule is CCCCn1ncc(NC(C(=O)OC)C(C)C)c(Cl)c1=O. The summed E-state index contributed by atoms with van der Waals surface area (Å²) in [4.78, 5) is 23.8. The van der Waals surface area contributed by atoms with Gasteiger partial charge in [0.1, 0.15) is 11.1 Å². The van der Waals surface area contributed by atoms with Crippen LogP contribution >= 0.6 is 11.6 Å². The van der Waals surface area contributed by atoms with Gasteiger partial charge in [0, 0.05) is 6.54 Å². The predicted molar refractivity (Wildman–Crippen MR) is 82.7 cm³/mol. The highest BCUT2D eigenvalue weighted by Crippen LogP contribution is 2.19. The van der Waals surface area contributed by atoms with E-state index < -0.39 is 12.0 Å². The van der Waals surface area contributed by atoms with Gasteiger partial charge in [-0.15, -0.1) is 0 Å². The van der Waals surface area contributed by atoms with Gasteiger partial charge in [-0.05, 0) is 12.3 Å². The fraction of sp³-hybridized carbons (Fsp3) is 0.643. The quantitative estimate of drug-likeness (QED) is 0.782. The van der Waals surface area contributed by atoms with Gasteiger partial charge in [-0.1, -0.05) is 38.8 Å². The number of hydrogen-bond donors (Lipinski definition) is 1. The Hall–Kier alpha value is -1.56. The van der Waals surface area contributed by atoms with Crippen molar-refractivity contribution in [2.45, 2.75) is 46.2 Å². The lowest BCUT2D eigenvalue weighted by atomic mass is 10.0. The number of anilines is 1. The van der Waals surface area contributed by atoms with Gasteiger partial charge in [0.15, 0.2) is 0 Å². The maximum absolute atomic E-state index is 12.1. The van der Waals surface area contributed by atoms with E-state index in [0.29, 0.717) is 12.2 Å². The van der Waals surface area contributed by atoms with Gasteiger partial charge >= 0.3 is 5.97 Å². The van der Waals surface area contributed by atoms with Crippen LogP contribution in [0.2, 0.25) is 5.02 Å². The molecule has 6 nitrogen and oxygen atoms in total. The molecular weight excluding hydrogens is 294 g/mol. The molecule has 1 aromatic rings. The van der Waals surface area contributed by atoms with Gasteiger partial charge in [-0.25, -0.2) is 9.48 Å². The minimum Gasteiger partial charge on any atom is -0.467 e. The number of esters is 1. The molecule has 0 aliphatic rings. The van der Waals surface area contributed by atoms with Crippen LogP contribution in [-0.4, -0.2) is 28.9 Å². The molecule has 0 aliphatic carbocycles. The molecule has 1 aromatic heterocycles. The lowest BCUT2D eigenvalue weighted by Crippen LogP contribution is -2.36. The molecule has 0 spiro atoms. The van der Waals surface area contributed by atoms with Crippen molar-refractivity contribution in [1.29, 1.82) is 0 Å². The molecule has 0 saturated heterocycles. The first-order valence-corrected chi connectivity index (χ1v) is 7.40. The zero-order valence-corrected chi connectivity index (χ0v) is 13.6. The zero-order valence-electron chi connectivity index (χ0n) is 12.9. The van der Waals surface area contributed by atoms with Gasteiger partial charge in [-0.3, -0.25) is 4.79 Å². The number of unbranched alkanes of at least 4 members (excludes halogenated alkanes) is 1. The van der Waals surface area contributed by atoms with E-state index >= 15 is 0 Å². The largest absolute Gasteiger partial charge is 0.467 e. The smallest absolute Gasteiger partial charge is 0.328 e. The average molecular weight is 316 g/mol. The molecular formula is C14H22ClN3O3. The lowest BCUT2D eigenvalue weighted by molar-refractivity contribution is -0.142. The molecule has 21 heavy (non-hydrogen) atoms. The van der Waals surface area contributed by atoms with Gasteiger partial charge in [0.2, 0.25) is 0 Å². The van der Waals surface area contributed by atoms with E-state index in [9.17, 15) is 9.59 Å². The third kappa shape index (κ3) is 4.46. The molecule has 0 amide bonds. The van der Waals surface area contributed by atoms with Crippen LogP contribution in [0.25, 0.3) is 0 Å². The molecule has 118 valence electrons. The molecule has 0 aliphatic heterocycles. The number of aryl methyl sites for hydroxylation is 1. The van der Waals surface area contributed by atoms with Crippen LogP contribution in [0.3, 0.4) is 0 Å². The van der Waals surface area contributed by atoms with Crippen molar-refractivity contribution in [3.63, 3.8) is 0 Å². The first-order valence-electron chi connectivity index (χ1n) is 7.02. The van der Waals surface area contributed by atoms with Crippen LogP contribution in [0.1, 0.15) is 33.6 Å². The van der Waals surface area contributed by atoms with Gasteiger partial charge in [0.05, 0.1) is 19.0 Å². The van der Waals surface area contributed by atoms with Crippen molar-refractivity contribution in [2.24, 2.45) is 5.92 Å². The van der Waals surface area contributed by atoms with Gasteiger partial charge in [-0.2, -0.15) is 5.10 Å². The maximum Gasteiger partial charge on any atom is 0.328 e. The highest BCUT2D eigenvalue weighted by molar-refractivity contribution is 6.33. The number of ether oxygens (including phenoxy) is 1. The Labute approximate surface area is 129 Å². The zero-order chi connectivity index (χ0) is 16.0. The summed E-state index contributed by atoms with van der Waals surface area (Å²) in [7, 11) is 1.32. The monoisotopic (exact) mass is 315 g/mol. The third-order valence-electron chi connectivity index (χ3n) is 3.14. The third-order valence-corrected chi connectivity index (χ3v) is 3.51. The van der Waals surface area contributed by atoms with Crippen molar-refractivity contribution < 1.29 is 9.53 Å². The molecule has 0 bridgehead atoms. The molecule has 0 aromatic carbocycles. The maximum atomic E-state index is 12.1. The summed E-state index contributed by atoms with van der Waals surface area (Å²) >= 11 is 6.09. The molecule has 0 radical (unpaired) electrons. The van der Waals surface area contributed by atoms with E-state index in [-0.39, 0.29) is 16.5 Å². The number of halogens is 1. The molecule has 0 fully saturated rings. The van der Waals surface area contributed by atoms with Gasteiger partial charge < -0.3 is 10.1 Å². The fourth-order valence-electron chi connectivity index (χ4n) is 1.83. The summed E-state index contributed by atoms with van der Waals surface area (Å²) in [6.45, 7) is 6.31. The Kier molecular flexibility index (Phi) is 6.68. The van der Waals surface area contributed by atoms with Crippen LogP contribution in [0, 0.1) is 5.92 Å². The Morgan fingerprint density at radius 2 is 2.19 bits per heavy atom. The number of hydrogen-bond acceptors (Lipinski definition) is 5. The Bertz CT molecular complexity index is 543. The summed E-state index contributed by atoms with van der Waals surface area (Å²) in [5, 5.41) is 7.06. The Morgan fingerprint density at radius 3 is 2.71 bits per heavy atom. The van der Waals surface area contributed by atoms with Crippen LogP contribution < -0.4 is 10.9 Å². The molecule has 1 rings (SSSR count). The second-order valence-electron chi connectivity index (χ2n) is 5.14. The molecule has 1 N–H and O–H groups in total. The highest BCUT2D eigenvalue weighted by atomic mass is 35.5. The Balaban J connectivity index is 3.01. The van der Waals surface area contributed by atoms with Gasteiger partial charge in [0.25, 0.3) is 5.56 Å². The predicted octanol–water partition coefficient (Wildman–Crippen LogP) is 2.31.